The molecule has 3 aliphatic rings. The van der Waals surface area contributed by atoms with E-state index in [-0.39, 0.29) is 24.0 Å². The summed E-state index contributed by atoms with van der Waals surface area (Å²) in [7, 11) is 1.60. The van der Waals surface area contributed by atoms with Crippen LogP contribution in [0.4, 0.5) is 0 Å². The van der Waals surface area contributed by atoms with Crippen LogP contribution in [0.15, 0.2) is 48.5 Å². The van der Waals surface area contributed by atoms with E-state index in [1.807, 2.05) is 65.3 Å². The molecule has 2 amide bonds. The van der Waals surface area contributed by atoms with Gasteiger partial charge in [0.25, 0.3) is 5.91 Å². The number of hydrogen-bond donors (Lipinski definition) is 0. The third-order valence-electron chi connectivity index (χ3n) is 6.60. The van der Waals surface area contributed by atoms with Gasteiger partial charge in [-0.25, -0.2) is 0 Å². The van der Waals surface area contributed by atoms with E-state index < -0.39 is 5.72 Å². The van der Waals surface area contributed by atoms with E-state index in [1.54, 1.807) is 7.11 Å². The van der Waals surface area contributed by atoms with E-state index in [1.165, 1.54) is 0 Å². The standard InChI is InChI=1S/C23H24N2O4/c1-15-17(9-6-10-18(15)28-2)22(27)24-12-11-23-20(24)13-21(26)25(23)14-19(29-23)16-7-4-3-5-8-16/h3-10,19-20H,11-14H2,1-2H3/t19-,20-,23+/m1/s1. The first-order valence-corrected chi connectivity index (χ1v) is 10.0. The van der Waals surface area contributed by atoms with Crippen molar-refractivity contribution < 1.29 is 19.1 Å². The zero-order valence-corrected chi connectivity index (χ0v) is 16.6. The van der Waals surface area contributed by atoms with E-state index in [0.29, 0.717) is 37.2 Å². The number of carbonyl (C=O) groups is 2. The molecule has 0 aromatic heterocycles. The third-order valence-corrected chi connectivity index (χ3v) is 6.60. The minimum absolute atomic E-state index is 0.0632. The third kappa shape index (κ3) is 2.59. The maximum absolute atomic E-state index is 13.4. The molecule has 3 fully saturated rings. The molecule has 2 aromatic rings. The van der Waals surface area contributed by atoms with Gasteiger partial charge in [-0.15, -0.1) is 0 Å². The molecular formula is C23H24N2O4. The van der Waals surface area contributed by atoms with Crippen LogP contribution in [0.3, 0.4) is 0 Å². The number of methoxy groups -OCH3 is 1. The minimum atomic E-state index is -0.708. The fourth-order valence-corrected chi connectivity index (χ4v) is 5.13. The van der Waals surface area contributed by atoms with Crippen LogP contribution < -0.4 is 4.74 Å². The minimum Gasteiger partial charge on any atom is -0.496 e. The Morgan fingerprint density at radius 2 is 1.97 bits per heavy atom. The van der Waals surface area contributed by atoms with Gasteiger partial charge in [0, 0.05) is 24.1 Å². The summed E-state index contributed by atoms with van der Waals surface area (Å²) < 4.78 is 11.9. The highest BCUT2D eigenvalue weighted by molar-refractivity contribution is 5.97. The molecule has 6 heteroatoms. The molecule has 0 unspecified atom stereocenters. The Labute approximate surface area is 170 Å². The topological polar surface area (TPSA) is 59.1 Å². The van der Waals surface area contributed by atoms with Crippen molar-refractivity contribution in [2.24, 2.45) is 0 Å². The Balaban J connectivity index is 1.45. The summed E-state index contributed by atoms with van der Waals surface area (Å²) in [5.74, 6) is 0.688. The van der Waals surface area contributed by atoms with Gasteiger partial charge < -0.3 is 19.3 Å². The quantitative estimate of drug-likeness (QED) is 0.806. The highest BCUT2D eigenvalue weighted by Gasteiger charge is 2.65. The number of likely N-dealkylation sites (tertiary alicyclic amines) is 1. The summed E-state index contributed by atoms with van der Waals surface area (Å²) in [5, 5.41) is 0. The summed E-state index contributed by atoms with van der Waals surface area (Å²) in [4.78, 5) is 29.9. The number of hydrogen-bond acceptors (Lipinski definition) is 4. The van der Waals surface area contributed by atoms with Crippen molar-refractivity contribution in [3.63, 3.8) is 0 Å². The molecule has 5 rings (SSSR count). The average Bonchev–Trinajstić information content (AvgIpc) is 3.37. The van der Waals surface area contributed by atoms with Gasteiger partial charge in [-0.3, -0.25) is 9.59 Å². The molecule has 0 saturated carbocycles. The fraction of sp³-hybridized carbons (Fsp3) is 0.391. The van der Waals surface area contributed by atoms with Crippen molar-refractivity contribution in [2.75, 3.05) is 20.2 Å². The van der Waals surface area contributed by atoms with Crippen molar-refractivity contribution in [2.45, 2.75) is 37.6 Å². The van der Waals surface area contributed by atoms with Gasteiger partial charge in [-0.05, 0) is 24.6 Å². The molecule has 2 aromatic carbocycles. The van der Waals surface area contributed by atoms with Crippen LogP contribution in [0.1, 0.15) is 40.4 Å². The molecule has 0 radical (unpaired) electrons. The van der Waals surface area contributed by atoms with E-state index in [9.17, 15) is 9.59 Å². The lowest BCUT2D eigenvalue weighted by Crippen LogP contribution is -2.48. The lowest BCUT2D eigenvalue weighted by molar-refractivity contribution is -0.138. The van der Waals surface area contributed by atoms with Crippen molar-refractivity contribution in [3.8, 4) is 5.75 Å². The van der Waals surface area contributed by atoms with Crippen molar-refractivity contribution in [3.05, 3.63) is 65.2 Å². The van der Waals surface area contributed by atoms with Crippen LogP contribution in [-0.2, 0) is 9.53 Å². The van der Waals surface area contributed by atoms with Gasteiger partial charge in [0.1, 0.15) is 11.9 Å². The number of benzene rings is 2. The Bertz CT molecular complexity index is 976. The van der Waals surface area contributed by atoms with Crippen LogP contribution in [-0.4, -0.2) is 53.6 Å². The number of rotatable bonds is 3. The predicted octanol–water partition coefficient (Wildman–Crippen LogP) is 2.92. The molecule has 6 nitrogen and oxygen atoms in total. The van der Waals surface area contributed by atoms with Gasteiger partial charge in [0.05, 0.1) is 26.1 Å². The Kier molecular flexibility index (Phi) is 4.13. The summed E-state index contributed by atoms with van der Waals surface area (Å²) in [6, 6.07) is 15.2. The van der Waals surface area contributed by atoms with Crippen LogP contribution in [0.5, 0.6) is 5.75 Å². The molecule has 3 atom stereocenters. The number of ether oxygens (including phenoxy) is 2. The molecule has 0 N–H and O–H groups in total. The molecular weight excluding hydrogens is 368 g/mol. The number of carbonyl (C=O) groups excluding carboxylic acids is 2. The van der Waals surface area contributed by atoms with Crippen LogP contribution >= 0.6 is 0 Å². The second-order valence-electron chi connectivity index (χ2n) is 7.97. The second-order valence-corrected chi connectivity index (χ2v) is 7.97. The first-order valence-electron chi connectivity index (χ1n) is 10.0. The first-order chi connectivity index (χ1) is 14.0. The van der Waals surface area contributed by atoms with Crippen LogP contribution in [0.25, 0.3) is 0 Å². The molecule has 150 valence electrons. The molecule has 0 bridgehead atoms. The van der Waals surface area contributed by atoms with Gasteiger partial charge in [-0.1, -0.05) is 36.4 Å². The lowest BCUT2D eigenvalue weighted by Gasteiger charge is -2.32. The molecule has 3 saturated heterocycles. The number of amides is 2. The van der Waals surface area contributed by atoms with Crippen LogP contribution in [0, 0.1) is 6.92 Å². The summed E-state index contributed by atoms with van der Waals surface area (Å²) >= 11 is 0. The van der Waals surface area contributed by atoms with E-state index in [0.717, 1.165) is 11.1 Å². The summed E-state index contributed by atoms with van der Waals surface area (Å²) in [6.45, 7) is 3.01. The van der Waals surface area contributed by atoms with Gasteiger partial charge in [0.2, 0.25) is 5.91 Å². The van der Waals surface area contributed by atoms with E-state index in [4.69, 9.17) is 9.47 Å². The van der Waals surface area contributed by atoms with Crippen molar-refractivity contribution in [1.29, 1.82) is 0 Å². The van der Waals surface area contributed by atoms with E-state index >= 15 is 0 Å². The zero-order valence-electron chi connectivity index (χ0n) is 16.6. The fourth-order valence-electron chi connectivity index (χ4n) is 5.13. The highest BCUT2D eigenvalue weighted by atomic mass is 16.5. The Morgan fingerprint density at radius 1 is 1.17 bits per heavy atom. The Hall–Kier alpha value is -2.86. The average molecular weight is 392 g/mol. The summed E-state index contributed by atoms with van der Waals surface area (Å²) in [5.41, 5.74) is 1.79. The second kappa shape index (κ2) is 6.59. The van der Waals surface area contributed by atoms with Gasteiger partial charge in [-0.2, -0.15) is 0 Å². The van der Waals surface area contributed by atoms with E-state index in [2.05, 4.69) is 0 Å². The monoisotopic (exact) mass is 392 g/mol. The summed E-state index contributed by atoms with van der Waals surface area (Å²) in [6.07, 6.45) is 0.800. The van der Waals surface area contributed by atoms with Crippen molar-refractivity contribution >= 4 is 11.8 Å². The lowest BCUT2D eigenvalue weighted by atomic mass is 10.0. The highest BCUT2D eigenvalue weighted by Crippen LogP contribution is 2.51. The normalized spacial score (nSPS) is 27.9. The molecule has 0 aliphatic carbocycles. The number of nitrogens with zero attached hydrogens (tertiary/aromatic N) is 2. The molecule has 29 heavy (non-hydrogen) atoms. The maximum atomic E-state index is 13.4. The molecule has 1 spiro atoms. The largest absolute Gasteiger partial charge is 0.496 e. The molecule has 3 heterocycles. The van der Waals surface area contributed by atoms with Gasteiger partial charge >= 0.3 is 0 Å². The van der Waals surface area contributed by atoms with Crippen molar-refractivity contribution in [1.82, 2.24) is 9.80 Å². The Morgan fingerprint density at radius 3 is 2.72 bits per heavy atom. The first kappa shape index (κ1) is 18.2. The SMILES string of the molecule is COc1cccc(C(=O)N2CC[C@@]34O[C@@H](c5ccccc5)CN3C(=O)C[C@@H]24)c1C. The maximum Gasteiger partial charge on any atom is 0.254 e. The van der Waals surface area contributed by atoms with Crippen LogP contribution in [0.2, 0.25) is 0 Å². The zero-order chi connectivity index (χ0) is 20.2. The predicted molar refractivity (Wildman–Crippen MR) is 107 cm³/mol. The smallest absolute Gasteiger partial charge is 0.254 e. The molecule has 3 aliphatic heterocycles. The van der Waals surface area contributed by atoms with Gasteiger partial charge in [0.15, 0.2) is 5.72 Å².